The van der Waals surface area contributed by atoms with Crippen LogP contribution in [0.4, 0.5) is 10.5 Å². The van der Waals surface area contributed by atoms with Crippen molar-refractivity contribution in [1.82, 2.24) is 14.7 Å². The van der Waals surface area contributed by atoms with Gasteiger partial charge >= 0.3 is 6.03 Å². The topological polar surface area (TPSA) is 69.0 Å². The number of urea groups is 1. The van der Waals surface area contributed by atoms with E-state index >= 15 is 0 Å². The first-order valence-electron chi connectivity index (χ1n) is 11.2. The van der Waals surface area contributed by atoms with Gasteiger partial charge in [0, 0.05) is 38.9 Å². The Morgan fingerprint density at radius 3 is 2.42 bits per heavy atom. The van der Waals surface area contributed by atoms with Crippen LogP contribution in [0.5, 0.6) is 0 Å². The number of likely N-dealkylation sites (N-methyl/N-ethyl adjacent to an activating group) is 1. The minimum absolute atomic E-state index is 0.0791. The van der Waals surface area contributed by atoms with Crippen LogP contribution in [-0.2, 0) is 11.3 Å². The van der Waals surface area contributed by atoms with Crippen molar-refractivity contribution in [2.75, 3.05) is 38.5 Å². The molecule has 1 atom stereocenters. The van der Waals surface area contributed by atoms with E-state index in [1.165, 1.54) is 12.8 Å². The third kappa shape index (κ3) is 5.28. The number of carbonyl (C=O) groups is 2. The number of nitrogens with one attached hydrogen (secondary N) is 1. The van der Waals surface area contributed by atoms with Gasteiger partial charge in [-0.1, -0.05) is 31.0 Å². The molecule has 2 fully saturated rings. The standard InChI is InChI=1S/C24H32N4O3/c1-26(18-21-12-7-17-31-21)23(29)22(19-8-5-6-9-19)27-13-15-28(16-14-27)24(30)25-20-10-3-2-4-11-20/h2-4,7,10-12,17,19,22H,5-6,8-9,13-16,18H2,1H3,(H,25,30)/t22-/m0/s1. The number of para-hydroxylation sites is 1. The van der Waals surface area contributed by atoms with Crippen molar-refractivity contribution in [3.8, 4) is 0 Å². The SMILES string of the molecule is CN(Cc1ccco1)C(=O)[C@H](C1CCCC1)N1CCN(C(=O)Nc2ccccc2)CC1. The molecule has 31 heavy (non-hydrogen) atoms. The summed E-state index contributed by atoms with van der Waals surface area (Å²) in [5.41, 5.74) is 0.800. The Balaban J connectivity index is 1.37. The largest absolute Gasteiger partial charge is 0.467 e. The molecule has 1 aliphatic heterocycles. The molecule has 0 radical (unpaired) electrons. The molecule has 7 nitrogen and oxygen atoms in total. The van der Waals surface area contributed by atoms with E-state index in [1.54, 1.807) is 11.2 Å². The zero-order valence-electron chi connectivity index (χ0n) is 18.2. The molecule has 7 heteroatoms. The highest BCUT2D eigenvalue weighted by molar-refractivity contribution is 5.89. The summed E-state index contributed by atoms with van der Waals surface area (Å²) in [6.07, 6.45) is 6.22. The molecule has 0 unspecified atom stereocenters. The van der Waals surface area contributed by atoms with Gasteiger partial charge in [0.1, 0.15) is 5.76 Å². The Morgan fingerprint density at radius 2 is 1.77 bits per heavy atom. The number of piperazine rings is 1. The van der Waals surface area contributed by atoms with Crippen LogP contribution in [0.25, 0.3) is 0 Å². The Morgan fingerprint density at radius 1 is 1.06 bits per heavy atom. The number of hydrogen-bond acceptors (Lipinski definition) is 4. The monoisotopic (exact) mass is 424 g/mol. The number of benzene rings is 1. The molecule has 1 aromatic heterocycles. The molecule has 2 aromatic rings. The van der Waals surface area contributed by atoms with Gasteiger partial charge in [-0.05, 0) is 43.0 Å². The minimum Gasteiger partial charge on any atom is -0.467 e. The highest BCUT2D eigenvalue weighted by Gasteiger charge is 2.38. The van der Waals surface area contributed by atoms with Crippen molar-refractivity contribution in [1.29, 1.82) is 0 Å². The first kappa shape index (κ1) is 21.4. The number of rotatable bonds is 6. The van der Waals surface area contributed by atoms with Gasteiger partial charge in [0.2, 0.25) is 5.91 Å². The molecule has 0 bridgehead atoms. The molecular weight excluding hydrogens is 392 g/mol. The number of nitrogens with zero attached hydrogens (tertiary/aromatic N) is 3. The fraction of sp³-hybridized carbons (Fsp3) is 0.500. The highest BCUT2D eigenvalue weighted by Crippen LogP contribution is 2.32. The van der Waals surface area contributed by atoms with Gasteiger partial charge in [-0.25, -0.2) is 4.79 Å². The molecule has 0 spiro atoms. The summed E-state index contributed by atoms with van der Waals surface area (Å²) in [7, 11) is 1.86. The molecule has 1 saturated carbocycles. The molecule has 1 aliphatic carbocycles. The first-order valence-corrected chi connectivity index (χ1v) is 11.2. The van der Waals surface area contributed by atoms with Crippen molar-refractivity contribution in [2.24, 2.45) is 5.92 Å². The second-order valence-corrected chi connectivity index (χ2v) is 8.58. The third-order valence-electron chi connectivity index (χ3n) is 6.47. The molecule has 1 saturated heterocycles. The van der Waals surface area contributed by atoms with Crippen LogP contribution in [0.15, 0.2) is 53.1 Å². The predicted molar refractivity (Wildman–Crippen MR) is 120 cm³/mol. The van der Waals surface area contributed by atoms with Gasteiger partial charge in [-0.2, -0.15) is 0 Å². The number of hydrogen-bond donors (Lipinski definition) is 1. The third-order valence-corrected chi connectivity index (χ3v) is 6.47. The smallest absolute Gasteiger partial charge is 0.321 e. The summed E-state index contributed by atoms with van der Waals surface area (Å²) in [6, 6.07) is 13.1. The van der Waals surface area contributed by atoms with Crippen LogP contribution in [-0.4, -0.2) is 65.9 Å². The highest BCUT2D eigenvalue weighted by atomic mass is 16.3. The summed E-state index contributed by atoms with van der Waals surface area (Å²) in [4.78, 5) is 32.0. The van der Waals surface area contributed by atoms with E-state index in [9.17, 15) is 9.59 Å². The lowest BCUT2D eigenvalue weighted by atomic mass is 9.94. The maximum Gasteiger partial charge on any atom is 0.321 e. The molecule has 3 amide bonds. The lowest BCUT2D eigenvalue weighted by Gasteiger charge is -2.41. The lowest BCUT2D eigenvalue weighted by Crippen LogP contribution is -2.58. The Kier molecular flexibility index (Phi) is 6.92. The summed E-state index contributed by atoms with van der Waals surface area (Å²) >= 11 is 0. The van der Waals surface area contributed by atoms with E-state index in [1.807, 2.05) is 54.4 Å². The molecule has 1 N–H and O–H groups in total. The van der Waals surface area contributed by atoms with Crippen LogP contribution in [0.3, 0.4) is 0 Å². The van der Waals surface area contributed by atoms with Crippen LogP contribution in [0.2, 0.25) is 0 Å². The van der Waals surface area contributed by atoms with Crippen LogP contribution >= 0.6 is 0 Å². The van der Waals surface area contributed by atoms with Crippen molar-refractivity contribution in [2.45, 2.75) is 38.3 Å². The first-order chi connectivity index (χ1) is 15.1. The molecule has 2 aliphatic rings. The fourth-order valence-corrected chi connectivity index (χ4v) is 4.80. The fourth-order valence-electron chi connectivity index (χ4n) is 4.80. The van der Waals surface area contributed by atoms with Gasteiger partial charge in [0.05, 0.1) is 18.8 Å². The minimum atomic E-state index is -0.123. The second kappa shape index (κ2) is 10.0. The Bertz CT molecular complexity index is 841. The van der Waals surface area contributed by atoms with E-state index < -0.39 is 0 Å². The molecule has 1 aromatic carbocycles. The zero-order chi connectivity index (χ0) is 21.6. The molecule has 2 heterocycles. The quantitative estimate of drug-likeness (QED) is 0.769. The maximum absolute atomic E-state index is 13.5. The molecule has 166 valence electrons. The summed E-state index contributed by atoms with van der Waals surface area (Å²) < 4.78 is 5.44. The lowest BCUT2D eigenvalue weighted by molar-refractivity contribution is -0.139. The van der Waals surface area contributed by atoms with Crippen LogP contribution < -0.4 is 5.32 Å². The number of carbonyl (C=O) groups excluding carboxylic acids is 2. The maximum atomic E-state index is 13.5. The average molecular weight is 425 g/mol. The van der Waals surface area contributed by atoms with Crippen LogP contribution in [0.1, 0.15) is 31.4 Å². The normalized spacial score (nSPS) is 18.7. The summed E-state index contributed by atoms with van der Waals surface area (Å²) in [5, 5.41) is 2.96. The molecule has 4 rings (SSSR count). The van der Waals surface area contributed by atoms with Crippen molar-refractivity contribution >= 4 is 17.6 Å². The van der Waals surface area contributed by atoms with Gasteiger partial charge in [0.15, 0.2) is 0 Å². The van der Waals surface area contributed by atoms with Crippen LogP contribution in [0, 0.1) is 5.92 Å². The summed E-state index contributed by atoms with van der Waals surface area (Å²) in [6.45, 7) is 3.15. The van der Waals surface area contributed by atoms with Crippen molar-refractivity contribution < 1.29 is 14.0 Å². The number of amides is 3. The predicted octanol–water partition coefficient (Wildman–Crippen LogP) is 3.65. The summed E-state index contributed by atoms with van der Waals surface area (Å²) in [5.74, 6) is 1.34. The van der Waals surface area contributed by atoms with E-state index in [-0.39, 0.29) is 18.0 Å². The Hall–Kier alpha value is -2.80. The van der Waals surface area contributed by atoms with E-state index in [2.05, 4.69) is 10.2 Å². The van der Waals surface area contributed by atoms with E-state index in [4.69, 9.17) is 4.42 Å². The van der Waals surface area contributed by atoms with Gasteiger partial charge < -0.3 is 19.5 Å². The van der Waals surface area contributed by atoms with Gasteiger partial charge in [0.25, 0.3) is 0 Å². The van der Waals surface area contributed by atoms with E-state index in [0.717, 1.165) is 24.3 Å². The van der Waals surface area contributed by atoms with E-state index in [0.29, 0.717) is 38.6 Å². The van der Waals surface area contributed by atoms with Gasteiger partial charge in [-0.15, -0.1) is 0 Å². The zero-order valence-corrected chi connectivity index (χ0v) is 18.2. The second-order valence-electron chi connectivity index (χ2n) is 8.58. The number of anilines is 1. The average Bonchev–Trinajstić information content (AvgIpc) is 3.50. The van der Waals surface area contributed by atoms with Gasteiger partial charge in [-0.3, -0.25) is 9.69 Å². The number of furan rings is 1. The van der Waals surface area contributed by atoms with Crippen molar-refractivity contribution in [3.05, 3.63) is 54.5 Å². The molecular formula is C24H32N4O3. The Labute approximate surface area is 184 Å². The van der Waals surface area contributed by atoms with Crippen molar-refractivity contribution in [3.63, 3.8) is 0 Å².